The lowest BCUT2D eigenvalue weighted by Crippen LogP contribution is -2.37. The number of nitrogens with zero attached hydrogens (tertiary/aromatic N) is 3. The number of ether oxygens (including phenoxy) is 3. The zero-order valence-corrected chi connectivity index (χ0v) is 20.7. The second-order valence-corrected chi connectivity index (χ2v) is 8.42. The highest BCUT2D eigenvalue weighted by Crippen LogP contribution is 2.31. The maximum Gasteiger partial charge on any atom is 0.338 e. The summed E-state index contributed by atoms with van der Waals surface area (Å²) in [5.41, 5.74) is 1.77. The molecule has 190 valence electrons. The number of amides is 1. The van der Waals surface area contributed by atoms with E-state index in [1.54, 1.807) is 57.5 Å². The van der Waals surface area contributed by atoms with E-state index in [0.717, 1.165) is 18.7 Å². The van der Waals surface area contributed by atoms with Gasteiger partial charge in [0.15, 0.2) is 11.5 Å². The van der Waals surface area contributed by atoms with E-state index in [9.17, 15) is 9.59 Å². The molecule has 0 aliphatic carbocycles. The number of nitrogens with one attached hydrogen (secondary N) is 1. The van der Waals surface area contributed by atoms with Crippen LogP contribution in [0.1, 0.15) is 36.0 Å². The van der Waals surface area contributed by atoms with Crippen LogP contribution in [0.5, 0.6) is 11.5 Å². The van der Waals surface area contributed by atoms with Gasteiger partial charge in [0.05, 0.1) is 32.9 Å². The molecule has 36 heavy (non-hydrogen) atoms. The first kappa shape index (κ1) is 25.2. The van der Waals surface area contributed by atoms with E-state index < -0.39 is 5.97 Å². The highest BCUT2D eigenvalue weighted by Gasteiger charge is 2.26. The van der Waals surface area contributed by atoms with Crippen LogP contribution in [0.25, 0.3) is 11.4 Å². The Morgan fingerprint density at radius 2 is 1.86 bits per heavy atom. The third kappa shape index (κ3) is 6.01. The number of carbonyl (C=O) groups is 2. The molecule has 2 aromatic carbocycles. The van der Waals surface area contributed by atoms with Gasteiger partial charge in [-0.3, -0.25) is 9.69 Å². The maximum atomic E-state index is 12.8. The Kier molecular flexibility index (Phi) is 8.17. The largest absolute Gasteiger partial charge is 0.493 e. The van der Waals surface area contributed by atoms with Crippen LogP contribution in [0.15, 0.2) is 47.0 Å². The molecule has 2 heterocycles. The first-order chi connectivity index (χ1) is 17.5. The monoisotopic (exact) mass is 494 g/mol. The molecule has 0 radical (unpaired) electrons. The summed E-state index contributed by atoms with van der Waals surface area (Å²) in [6.45, 7) is 4.03. The molecule has 1 aromatic heterocycles. The van der Waals surface area contributed by atoms with Crippen LogP contribution in [0.3, 0.4) is 0 Å². The minimum atomic E-state index is -0.405. The van der Waals surface area contributed by atoms with Crippen molar-refractivity contribution in [2.45, 2.75) is 26.3 Å². The molecule has 0 saturated carbocycles. The van der Waals surface area contributed by atoms with Crippen molar-refractivity contribution >= 4 is 17.6 Å². The van der Waals surface area contributed by atoms with Crippen molar-refractivity contribution in [2.24, 2.45) is 5.92 Å². The topological polar surface area (TPSA) is 116 Å². The Hall–Kier alpha value is -3.92. The fraction of sp³-hybridized carbons (Fsp3) is 0.385. The van der Waals surface area contributed by atoms with Crippen LogP contribution in [0.2, 0.25) is 0 Å². The summed E-state index contributed by atoms with van der Waals surface area (Å²) >= 11 is 0. The lowest BCUT2D eigenvalue weighted by atomic mass is 9.95. The van der Waals surface area contributed by atoms with Crippen LogP contribution >= 0.6 is 0 Å². The Labute approximate surface area is 209 Å². The number of esters is 1. The number of aromatic nitrogens is 2. The van der Waals surface area contributed by atoms with Gasteiger partial charge in [-0.25, -0.2) is 4.79 Å². The normalized spacial score (nSPS) is 14.3. The highest BCUT2D eigenvalue weighted by atomic mass is 16.5. The maximum absolute atomic E-state index is 12.8. The number of methoxy groups -OCH3 is 2. The van der Waals surface area contributed by atoms with E-state index in [2.05, 4.69) is 20.4 Å². The summed E-state index contributed by atoms with van der Waals surface area (Å²) in [5, 5.41) is 7.02. The second kappa shape index (κ2) is 11.7. The predicted octanol–water partition coefficient (Wildman–Crippen LogP) is 3.78. The number of carbonyl (C=O) groups excluding carboxylic acids is 2. The van der Waals surface area contributed by atoms with Crippen molar-refractivity contribution < 1.29 is 28.3 Å². The van der Waals surface area contributed by atoms with Crippen LogP contribution in [-0.4, -0.2) is 60.8 Å². The Morgan fingerprint density at radius 3 is 2.58 bits per heavy atom. The van der Waals surface area contributed by atoms with Gasteiger partial charge in [0.25, 0.3) is 0 Å². The predicted molar refractivity (Wildman–Crippen MR) is 132 cm³/mol. The Balaban J connectivity index is 1.29. The molecule has 0 atom stereocenters. The molecule has 0 unspecified atom stereocenters. The van der Waals surface area contributed by atoms with Gasteiger partial charge in [-0.05, 0) is 69.3 Å². The van der Waals surface area contributed by atoms with E-state index in [1.807, 2.05) is 6.07 Å². The Morgan fingerprint density at radius 1 is 1.08 bits per heavy atom. The summed E-state index contributed by atoms with van der Waals surface area (Å²) in [6, 6.07) is 12.2. The molecular weight excluding hydrogens is 464 g/mol. The third-order valence-electron chi connectivity index (χ3n) is 6.07. The van der Waals surface area contributed by atoms with Gasteiger partial charge in [0.1, 0.15) is 0 Å². The molecular formula is C26H30N4O6. The molecule has 4 rings (SSSR count). The summed E-state index contributed by atoms with van der Waals surface area (Å²) < 4.78 is 21.1. The fourth-order valence-corrected chi connectivity index (χ4v) is 4.14. The standard InChI is InChI=1S/C26H30N4O6/c1-4-35-26(32)19-6-5-7-20(14-19)27-25(31)17-10-12-30(13-11-17)16-23-28-24(29-36-23)18-8-9-21(33-2)22(15-18)34-3/h5-9,14-15,17H,4,10-13,16H2,1-3H3,(H,27,31). The molecule has 10 heteroatoms. The van der Waals surface area contributed by atoms with Gasteiger partial charge in [0.2, 0.25) is 17.6 Å². The Bertz CT molecular complexity index is 1200. The molecule has 1 amide bonds. The van der Waals surface area contributed by atoms with E-state index in [1.165, 1.54) is 0 Å². The molecule has 1 fully saturated rings. The van der Waals surface area contributed by atoms with Crippen LogP contribution in [0, 0.1) is 5.92 Å². The molecule has 1 aliphatic rings. The number of anilines is 1. The SMILES string of the molecule is CCOC(=O)c1cccc(NC(=O)C2CCN(Cc3nc(-c4ccc(OC)c(OC)c4)no3)CC2)c1. The van der Waals surface area contributed by atoms with Gasteiger partial charge in [-0.15, -0.1) is 0 Å². The van der Waals surface area contributed by atoms with Crippen LogP contribution in [0.4, 0.5) is 5.69 Å². The van der Waals surface area contributed by atoms with Crippen LogP contribution in [-0.2, 0) is 16.1 Å². The first-order valence-electron chi connectivity index (χ1n) is 11.9. The molecule has 1 aliphatic heterocycles. The lowest BCUT2D eigenvalue weighted by Gasteiger charge is -2.30. The van der Waals surface area contributed by atoms with Crippen molar-refractivity contribution in [2.75, 3.05) is 39.2 Å². The van der Waals surface area contributed by atoms with Crippen molar-refractivity contribution in [3.8, 4) is 22.9 Å². The number of hydrogen-bond donors (Lipinski definition) is 1. The minimum absolute atomic E-state index is 0.0517. The van der Waals surface area contributed by atoms with Gasteiger partial charge >= 0.3 is 5.97 Å². The molecule has 0 bridgehead atoms. The number of piperidine rings is 1. The second-order valence-electron chi connectivity index (χ2n) is 8.42. The number of benzene rings is 2. The molecule has 1 N–H and O–H groups in total. The average Bonchev–Trinajstić information content (AvgIpc) is 3.37. The number of hydrogen-bond acceptors (Lipinski definition) is 9. The van der Waals surface area contributed by atoms with E-state index >= 15 is 0 Å². The van der Waals surface area contributed by atoms with Crippen molar-refractivity contribution in [3.05, 3.63) is 53.9 Å². The van der Waals surface area contributed by atoms with E-state index in [4.69, 9.17) is 18.7 Å². The van der Waals surface area contributed by atoms with Crippen molar-refractivity contribution in [1.82, 2.24) is 15.0 Å². The van der Waals surface area contributed by atoms with Crippen molar-refractivity contribution in [3.63, 3.8) is 0 Å². The fourth-order valence-electron chi connectivity index (χ4n) is 4.14. The summed E-state index contributed by atoms with van der Waals surface area (Å²) in [6.07, 6.45) is 1.42. The van der Waals surface area contributed by atoms with Crippen LogP contribution < -0.4 is 14.8 Å². The number of likely N-dealkylation sites (tertiary alicyclic amines) is 1. The zero-order chi connectivity index (χ0) is 25.5. The molecule has 10 nitrogen and oxygen atoms in total. The average molecular weight is 495 g/mol. The van der Waals surface area contributed by atoms with E-state index in [0.29, 0.717) is 60.5 Å². The van der Waals surface area contributed by atoms with Crippen molar-refractivity contribution in [1.29, 1.82) is 0 Å². The third-order valence-corrected chi connectivity index (χ3v) is 6.07. The summed E-state index contributed by atoms with van der Waals surface area (Å²) in [7, 11) is 3.16. The quantitative estimate of drug-likeness (QED) is 0.444. The smallest absolute Gasteiger partial charge is 0.338 e. The first-order valence-corrected chi connectivity index (χ1v) is 11.9. The summed E-state index contributed by atoms with van der Waals surface area (Å²) in [5.74, 6) is 1.64. The molecule has 1 saturated heterocycles. The lowest BCUT2D eigenvalue weighted by molar-refractivity contribution is -0.121. The zero-order valence-electron chi connectivity index (χ0n) is 20.7. The van der Waals surface area contributed by atoms with Gasteiger partial charge in [-0.2, -0.15) is 4.98 Å². The number of rotatable bonds is 9. The molecule has 3 aromatic rings. The van der Waals surface area contributed by atoms with Gasteiger partial charge in [-0.1, -0.05) is 11.2 Å². The van der Waals surface area contributed by atoms with E-state index in [-0.39, 0.29) is 11.8 Å². The minimum Gasteiger partial charge on any atom is -0.493 e. The summed E-state index contributed by atoms with van der Waals surface area (Å²) in [4.78, 5) is 31.4. The molecule has 0 spiro atoms. The highest BCUT2D eigenvalue weighted by molar-refractivity contribution is 5.95. The van der Waals surface area contributed by atoms with Gasteiger partial charge < -0.3 is 24.1 Å². The van der Waals surface area contributed by atoms with Gasteiger partial charge in [0, 0.05) is 17.2 Å².